The Bertz CT molecular complexity index is 2910. The summed E-state index contributed by atoms with van der Waals surface area (Å²) >= 11 is 1.47. The van der Waals surface area contributed by atoms with Gasteiger partial charge in [-0.2, -0.15) is 8.42 Å². The number of nitrogens with one attached hydrogen (secondary N) is 5. The molecule has 1 fully saturated rings. The van der Waals surface area contributed by atoms with Gasteiger partial charge in [0, 0.05) is 41.6 Å². The summed E-state index contributed by atoms with van der Waals surface area (Å²) in [6.45, 7) is 8.94. The molecular weight excluding hydrogens is 961 g/mol. The molecule has 0 aliphatic carbocycles. The van der Waals surface area contributed by atoms with Crippen molar-refractivity contribution < 1.29 is 51.6 Å². The van der Waals surface area contributed by atoms with E-state index in [1.807, 2.05) is 54.8 Å². The number of carboxylic acids is 1. The molecule has 0 radical (unpaired) electrons. The standard InChI is InChI=1S/C53H64N6O11S2/c1-6-14-41(55-47(63)42(29-33-23-25-34(26-24-33)32-72(68,69)70)56-46(62)39-19-11-16-35-15-7-8-17-37(35)39)50(66)59-28-13-27-53(59,5)51(67)57-43(30-36-31-71-44-21-10-9-18-38(36)44)48(64)54-40(20-12-22-45(60)61)49(65)58-52(2,3)4/h7-11,15-19,21,23-26,31,40-43H,6,12-14,20,22,27-30,32H2,1-5H3,(H,54,64)(H,55,63)(H,56,62)(H,57,67)(H,58,65)(H,60,61)(H,68,69,70)/t40-,41-,42-,43-,53-/m0/s1. The second-order valence-corrected chi connectivity index (χ2v) is 22.0. The number of hydrogen-bond donors (Lipinski definition) is 7. The van der Waals surface area contributed by atoms with Crippen molar-refractivity contribution in [3.8, 4) is 0 Å². The Labute approximate surface area is 423 Å². The van der Waals surface area contributed by atoms with Crippen molar-refractivity contribution in [2.75, 3.05) is 6.54 Å². The van der Waals surface area contributed by atoms with Crippen LogP contribution in [0.4, 0.5) is 0 Å². The van der Waals surface area contributed by atoms with Gasteiger partial charge in [0.05, 0.1) is 0 Å². The third-order valence-electron chi connectivity index (χ3n) is 12.7. The van der Waals surface area contributed by atoms with E-state index in [0.29, 0.717) is 34.9 Å². The number of fused-ring (bicyclic) bond motifs is 2. The molecule has 384 valence electrons. The summed E-state index contributed by atoms with van der Waals surface area (Å²) < 4.78 is 33.4. The molecule has 4 aromatic carbocycles. The van der Waals surface area contributed by atoms with E-state index >= 15 is 0 Å². The average Bonchev–Trinajstić information content (AvgIpc) is 3.93. The van der Waals surface area contributed by atoms with Crippen molar-refractivity contribution in [2.45, 2.75) is 133 Å². The lowest BCUT2D eigenvalue weighted by molar-refractivity contribution is -0.147. The van der Waals surface area contributed by atoms with Gasteiger partial charge < -0.3 is 36.6 Å². The number of carbonyl (C=O) groups is 7. The molecule has 0 bridgehead atoms. The Morgan fingerprint density at radius 1 is 0.736 bits per heavy atom. The number of thiophene rings is 1. The number of carbonyl (C=O) groups excluding carboxylic acids is 6. The first-order chi connectivity index (χ1) is 34.0. The summed E-state index contributed by atoms with van der Waals surface area (Å²) in [4.78, 5) is 99.0. The van der Waals surface area contributed by atoms with Crippen LogP contribution in [0, 0.1) is 0 Å². The van der Waals surface area contributed by atoms with Gasteiger partial charge in [-0.15, -0.1) is 11.3 Å². The molecule has 0 unspecified atom stereocenters. The van der Waals surface area contributed by atoms with Crippen molar-refractivity contribution in [2.24, 2.45) is 0 Å². The highest BCUT2D eigenvalue weighted by atomic mass is 32.2. The smallest absolute Gasteiger partial charge is 0.303 e. The van der Waals surface area contributed by atoms with E-state index < -0.39 is 92.5 Å². The van der Waals surface area contributed by atoms with Gasteiger partial charge >= 0.3 is 5.97 Å². The predicted octanol–water partition coefficient (Wildman–Crippen LogP) is 5.83. The number of nitrogens with zero attached hydrogens (tertiary/aromatic N) is 1. The Morgan fingerprint density at radius 2 is 1.36 bits per heavy atom. The highest BCUT2D eigenvalue weighted by molar-refractivity contribution is 7.85. The molecular formula is C53H64N6O11S2. The fraction of sp³-hybridized carbons (Fsp3) is 0.415. The number of carboxylic acid groups (broad SMARTS) is 1. The van der Waals surface area contributed by atoms with Crippen molar-refractivity contribution in [3.05, 3.63) is 119 Å². The molecule has 1 aliphatic heterocycles. The lowest BCUT2D eigenvalue weighted by atomic mass is 9.94. The van der Waals surface area contributed by atoms with E-state index in [-0.39, 0.29) is 51.5 Å². The van der Waals surface area contributed by atoms with E-state index in [1.54, 1.807) is 64.1 Å². The van der Waals surface area contributed by atoms with Crippen LogP contribution in [-0.2, 0) is 57.5 Å². The summed E-state index contributed by atoms with van der Waals surface area (Å²) in [6.07, 6.45) is 1.10. The average molecular weight is 1030 g/mol. The second kappa shape index (κ2) is 23.7. The van der Waals surface area contributed by atoms with Crippen LogP contribution in [0.15, 0.2) is 96.4 Å². The molecule has 0 saturated carbocycles. The van der Waals surface area contributed by atoms with Gasteiger partial charge in [-0.3, -0.25) is 38.1 Å². The van der Waals surface area contributed by atoms with Crippen LogP contribution in [0.5, 0.6) is 0 Å². The van der Waals surface area contributed by atoms with E-state index in [0.717, 1.165) is 21.0 Å². The van der Waals surface area contributed by atoms with Crippen molar-refractivity contribution in [1.29, 1.82) is 0 Å². The first kappa shape index (κ1) is 54.6. The van der Waals surface area contributed by atoms with E-state index in [4.69, 9.17) is 0 Å². The van der Waals surface area contributed by atoms with Gasteiger partial charge in [-0.1, -0.05) is 92.2 Å². The van der Waals surface area contributed by atoms with Gasteiger partial charge in [0.25, 0.3) is 16.0 Å². The second-order valence-electron chi connectivity index (χ2n) is 19.6. The van der Waals surface area contributed by atoms with Crippen LogP contribution >= 0.6 is 11.3 Å². The molecule has 6 rings (SSSR count). The van der Waals surface area contributed by atoms with E-state index in [9.17, 15) is 51.6 Å². The summed E-state index contributed by atoms with van der Waals surface area (Å²) in [5.74, 6) is -5.27. The molecule has 72 heavy (non-hydrogen) atoms. The Kier molecular flexibility index (Phi) is 18.0. The minimum absolute atomic E-state index is 0.0174. The quantitative estimate of drug-likeness (QED) is 0.0406. The minimum atomic E-state index is -4.31. The summed E-state index contributed by atoms with van der Waals surface area (Å²) in [5.41, 5.74) is -0.239. The first-order valence-electron chi connectivity index (χ1n) is 24.1. The highest BCUT2D eigenvalue weighted by Crippen LogP contribution is 2.32. The minimum Gasteiger partial charge on any atom is -0.481 e. The SMILES string of the molecule is CCC[C@H](NC(=O)[C@H](Cc1ccc(CS(=O)(=O)O)cc1)NC(=O)c1cccc2ccccc12)C(=O)N1CCC[C@@]1(C)C(=O)N[C@@H](Cc1csc2ccccc12)C(=O)N[C@@H](CCCC(=O)O)C(=O)NC(C)(C)C. The van der Waals surface area contributed by atoms with Crippen molar-refractivity contribution in [3.63, 3.8) is 0 Å². The molecule has 7 N–H and O–H groups in total. The number of aliphatic carboxylic acids is 1. The molecule has 19 heteroatoms. The first-order valence-corrected chi connectivity index (χ1v) is 26.6. The normalized spacial score (nSPS) is 16.6. The van der Waals surface area contributed by atoms with Crippen molar-refractivity contribution >= 4 is 83.7 Å². The van der Waals surface area contributed by atoms with Crippen LogP contribution in [-0.4, -0.2) is 106 Å². The maximum atomic E-state index is 14.8. The van der Waals surface area contributed by atoms with Gasteiger partial charge in [-0.05, 0) is 110 Å². The molecule has 2 heterocycles. The molecule has 0 spiro atoms. The molecule has 17 nitrogen and oxygen atoms in total. The number of amides is 6. The Balaban J connectivity index is 1.26. The zero-order chi connectivity index (χ0) is 52.4. The van der Waals surface area contributed by atoms with Crippen molar-refractivity contribution in [1.82, 2.24) is 31.5 Å². The van der Waals surface area contributed by atoms with Crippen LogP contribution in [0.3, 0.4) is 0 Å². The lowest BCUT2D eigenvalue weighted by Gasteiger charge is -2.37. The predicted molar refractivity (Wildman–Crippen MR) is 276 cm³/mol. The van der Waals surface area contributed by atoms with Crippen LogP contribution in [0.25, 0.3) is 20.9 Å². The zero-order valence-corrected chi connectivity index (χ0v) is 42.8. The lowest BCUT2D eigenvalue weighted by Crippen LogP contribution is -2.63. The zero-order valence-electron chi connectivity index (χ0n) is 41.2. The molecule has 1 aliphatic rings. The highest BCUT2D eigenvalue weighted by Gasteiger charge is 2.48. The van der Waals surface area contributed by atoms with Gasteiger partial charge in [0.15, 0.2) is 0 Å². The maximum absolute atomic E-state index is 14.8. The number of rotatable bonds is 22. The van der Waals surface area contributed by atoms with Gasteiger partial charge in [0.2, 0.25) is 29.5 Å². The molecule has 1 saturated heterocycles. The Hall–Kier alpha value is -6.70. The van der Waals surface area contributed by atoms with Crippen LogP contribution < -0.4 is 26.6 Å². The molecule has 5 aromatic rings. The summed E-state index contributed by atoms with van der Waals surface area (Å²) in [7, 11) is -4.31. The fourth-order valence-corrected chi connectivity index (χ4v) is 10.6. The molecule has 6 amide bonds. The molecule has 5 atom stereocenters. The van der Waals surface area contributed by atoms with Crippen LogP contribution in [0.2, 0.25) is 0 Å². The third kappa shape index (κ3) is 14.5. The summed E-state index contributed by atoms with van der Waals surface area (Å²) in [5, 5.41) is 27.9. The van der Waals surface area contributed by atoms with E-state index in [2.05, 4.69) is 26.6 Å². The largest absolute Gasteiger partial charge is 0.481 e. The summed E-state index contributed by atoms with van der Waals surface area (Å²) in [6, 6.07) is 21.5. The van der Waals surface area contributed by atoms with E-state index in [1.165, 1.54) is 28.4 Å². The molecule has 1 aromatic heterocycles. The topological polar surface area (TPSA) is 257 Å². The monoisotopic (exact) mass is 1020 g/mol. The number of hydrogen-bond acceptors (Lipinski definition) is 10. The van der Waals surface area contributed by atoms with Gasteiger partial charge in [-0.25, -0.2) is 0 Å². The van der Waals surface area contributed by atoms with Crippen LogP contribution in [0.1, 0.15) is 107 Å². The third-order valence-corrected chi connectivity index (χ3v) is 14.4. The number of benzene rings is 4. The Morgan fingerprint density at radius 3 is 2.03 bits per heavy atom. The number of likely N-dealkylation sites (tertiary alicyclic amines) is 1. The maximum Gasteiger partial charge on any atom is 0.303 e. The van der Waals surface area contributed by atoms with Gasteiger partial charge in [0.1, 0.15) is 35.5 Å². The fourth-order valence-electron chi connectivity index (χ4n) is 9.03.